The van der Waals surface area contributed by atoms with Crippen LogP contribution >= 0.6 is 11.8 Å². The first-order valence-corrected chi connectivity index (χ1v) is 7.89. The Hall–Kier alpha value is -0.750. The summed E-state index contributed by atoms with van der Waals surface area (Å²) in [5.74, 6) is 2.05. The molecule has 0 spiro atoms. The van der Waals surface area contributed by atoms with Crippen LogP contribution in [0.15, 0.2) is 10.5 Å². The minimum Gasteiger partial charge on any atom is -1.00 e. The topological polar surface area (TPSA) is 53.4 Å². The van der Waals surface area contributed by atoms with E-state index >= 15 is 0 Å². The Labute approximate surface area is 140 Å². The van der Waals surface area contributed by atoms with E-state index in [1.54, 1.807) is 0 Å². The summed E-state index contributed by atoms with van der Waals surface area (Å²) in [6.45, 7) is 9.47. The van der Waals surface area contributed by atoms with Crippen molar-refractivity contribution in [3.8, 4) is 0 Å². The lowest BCUT2D eigenvalue weighted by Gasteiger charge is -2.15. The average molecular weight is 376 g/mol. The number of thioether (sulfide) groups is 1. The Morgan fingerprint density at radius 2 is 2.24 bits per heavy atom. The quantitative estimate of drug-likeness (QED) is 0.639. The van der Waals surface area contributed by atoms with Crippen LogP contribution in [0.5, 0.6) is 0 Å². The highest BCUT2D eigenvalue weighted by atomic mass is 79.9. The molecular weight excluding hydrogens is 354 g/mol. The molecule has 0 aliphatic carbocycles. The number of fused-ring (bicyclic) bond motifs is 1. The van der Waals surface area contributed by atoms with E-state index in [-0.39, 0.29) is 28.4 Å². The summed E-state index contributed by atoms with van der Waals surface area (Å²) in [4.78, 5) is 15.0. The molecule has 1 aromatic heterocycles. The predicted octanol–water partition coefficient (Wildman–Crippen LogP) is -1.70. The molecule has 1 aromatic rings. The van der Waals surface area contributed by atoms with Crippen molar-refractivity contribution < 1.29 is 35.9 Å². The molecule has 118 valence electrons. The first-order chi connectivity index (χ1) is 9.41. The molecule has 0 amide bonds. The molecule has 1 aliphatic heterocycles. The summed E-state index contributed by atoms with van der Waals surface area (Å²) in [6, 6.07) is 2.04. The molecule has 0 saturated heterocycles. The lowest BCUT2D eigenvalue weighted by Crippen LogP contribution is -3.00. The first-order valence-electron chi connectivity index (χ1n) is 6.90. The zero-order valence-corrected chi connectivity index (χ0v) is 15.3. The number of nitrogens with one attached hydrogen (secondary N) is 1. The molecule has 4 nitrogen and oxygen atoms in total. The largest absolute Gasteiger partial charge is 1.00 e. The van der Waals surface area contributed by atoms with Gasteiger partial charge in [-0.2, -0.15) is 0 Å². The molecule has 6 heteroatoms. The average Bonchev–Trinajstić information content (AvgIpc) is 2.64. The van der Waals surface area contributed by atoms with Crippen molar-refractivity contribution in [2.24, 2.45) is 5.41 Å². The summed E-state index contributed by atoms with van der Waals surface area (Å²) in [7, 11) is 0. The zero-order chi connectivity index (χ0) is 14.8. The third kappa shape index (κ3) is 4.88. The van der Waals surface area contributed by atoms with Crippen LogP contribution in [-0.4, -0.2) is 29.9 Å². The van der Waals surface area contributed by atoms with E-state index in [9.17, 15) is 4.79 Å². The Morgan fingerprint density at radius 1 is 1.52 bits per heavy atom. The molecule has 2 heterocycles. The van der Waals surface area contributed by atoms with E-state index in [4.69, 9.17) is 9.15 Å². The predicted molar refractivity (Wildman–Crippen MR) is 80.0 cm³/mol. The smallest absolute Gasteiger partial charge is 0.316 e. The summed E-state index contributed by atoms with van der Waals surface area (Å²) in [5.41, 5.74) is 1.22. The maximum atomic E-state index is 11.5. The third-order valence-corrected chi connectivity index (χ3v) is 4.22. The van der Waals surface area contributed by atoms with Crippen LogP contribution in [0.1, 0.15) is 37.9 Å². The normalized spacial score (nSPS) is 16.3. The third-order valence-electron chi connectivity index (χ3n) is 3.18. The molecule has 0 fully saturated rings. The maximum absolute atomic E-state index is 11.5. The number of furan rings is 1. The van der Waals surface area contributed by atoms with Crippen molar-refractivity contribution in [3.05, 3.63) is 23.2 Å². The number of rotatable bonds is 3. The number of ether oxygens (including phenoxy) is 1. The van der Waals surface area contributed by atoms with Gasteiger partial charge in [0.15, 0.2) is 0 Å². The number of carbonyl (C=O) groups is 1. The van der Waals surface area contributed by atoms with Crippen LogP contribution in [0.4, 0.5) is 0 Å². The molecular formula is C15H22BrNO3S. The number of hydrogen-bond acceptors (Lipinski definition) is 4. The summed E-state index contributed by atoms with van der Waals surface area (Å²) < 4.78 is 10.8. The van der Waals surface area contributed by atoms with Gasteiger partial charge in [-0.25, -0.2) is 4.99 Å². The van der Waals surface area contributed by atoms with Gasteiger partial charge in [0.25, 0.3) is 0 Å². The molecule has 0 unspecified atom stereocenters. The van der Waals surface area contributed by atoms with E-state index in [1.165, 1.54) is 11.8 Å². The second-order valence-electron chi connectivity index (χ2n) is 5.81. The van der Waals surface area contributed by atoms with Gasteiger partial charge < -0.3 is 26.1 Å². The highest BCUT2D eigenvalue weighted by Gasteiger charge is 2.32. The van der Waals surface area contributed by atoms with Crippen molar-refractivity contribution in [3.63, 3.8) is 0 Å². The van der Waals surface area contributed by atoms with Crippen LogP contribution in [0.25, 0.3) is 0 Å². The van der Waals surface area contributed by atoms with Gasteiger partial charge in [0.2, 0.25) is 5.04 Å². The highest BCUT2D eigenvalue weighted by Crippen LogP contribution is 2.28. The number of hydrogen-bond donors (Lipinski definition) is 1. The van der Waals surface area contributed by atoms with Crippen LogP contribution < -0.4 is 22.0 Å². The molecule has 2 rings (SSSR count). The van der Waals surface area contributed by atoms with Crippen LogP contribution in [0.3, 0.4) is 0 Å². The van der Waals surface area contributed by atoms with E-state index in [2.05, 4.69) is 18.8 Å². The van der Waals surface area contributed by atoms with Crippen molar-refractivity contribution in [1.82, 2.24) is 0 Å². The van der Waals surface area contributed by atoms with Crippen LogP contribution in [0.2, 0.25) is 0 Å². The van der Waals surface area contributed by atoms with E-state index < -0.39 is 0 Å². The maximum Gasteiger partial charge on any atom is 0.316 e. The number of carbonyl (C=O) groups excluding carboxylic acids is 1. The lowest BCUT2D eigenvalue weighted by atomic mass is 9.88. The van der Waals surface area contributed by atoms with Gasteiger partial charge in [0.1, 0.15) is 23.8 Å². The molecule has 1 N–H and O–H groups in total. The van der Waals surface area contributed by atoms with E-state index in [0.717, 1.165) is 35.1 Å². The standard InChI is InChI=1S/C15H21NO3S.BrH/c1-5-18-13(17)8-20-14-11-6-10(2)19-12(11)7-15(3,4)9-16-14;/h6H,5,7-9H2,1-4H3;1H. The molecule has 21 heavy (non-hydrogen) atoms. The van der Waals surface area contributed by atoms with Gasteiger partial charge in [-0.05, 0) is 31.7 Å². The van der Waals surface area contributed by atoms with E-state index in [0.29, 0.717) is 12.4 Å². The molecule has 0 atom stereocenters. The molecule has 0 aromatic carbocycles. The van der Waals surface area contributed by atoms with Gasteiger partial charge >= 0.3 is 5.97 Å². The summed E-state index contributed by atoms with van der Waals surface area (Å²) in [6.07, 6.45) is 0.895. The van der Waals surface area contributed by atoms with Gasteiger partial charge in [0, 0.05) is 11.8 Å². The Kier molecular flexibility index (Phi) is 6.53. The fourth-order valence-corrected chi connectivity index (χ4v) is 3.11. The van der Waals surface area contributed by atoms with Crippen molar-refractivity contribution in [1.29, 1.82) is 0 Å². The minimum atomic E-state index is -0.183. The molecule has 0 radical (unpaired) electrons. The van der Waals surface area contributed by atoms with Crippen LogP contribution in [-0.2, 0) is 16.0 Å². The zero-order valence-electron chi connectivity index (χ0n) is 12.9. The summed E-state index contributed by atoms with van der Waals surface area (Å²) >= 11 is 1.49. The molecule has 0 bridgehead atoms. The fourth-order valence-electron chi connectivity index (χ4n) is 2.26. The van der Waals surface area contributed by atoms with Gasteiger partial charge in [-0.1, -0.05) is 13.8 Å². The van der Waals surface area contributed by atoms with Gasteiger partial charge in [0.05, 0.1) is 12.2 Å². The monoisotopic (exact) mass is 375 g/mol. The summed E-state index contributed by atoms with van der Waals surface area (Å²) in [5, 5.41) is 1.01. The minimum absolute atomic E-state index is 0. The SMILES string of the molecule is CCOC(=O)CSC1=[NH+]CC(C)(C)Cc2oc(C)cc21.[Br-]. The number of halogens is 1. The van der Waals surface area contributed by atoms with E-state index in [1.807, 2.05) is 19.9 Å². The number of aryl methyl sites for hydroxylation is 1. The highest BCUT2D eigenvalue weighted by molar-refractivity contribution is 8.14. The Morgan fingerprint density at radius 3 is 2.90 bits per heavy atom. The molecule has 1 aliphatic rings. The van der Waals surface area contributed by atoms with Gasteiger partial charge in [-0.15, -0.1) is 0 Å². The molecule has 0 saturated carbocycles. The second kappa shape index (κ2) is 7.49. The van der Waals surface area contributed by atoms with Crippen molar-refractivity contribution >= 4 is 22.8 Å². The number of esters is 1. The Balaban J connectivity index is 0.00000220. The first kappa shape index (κ1) is 18.3. The van der Waals surface area contributed by atoms with Crippen molar-refractivity contribution in [2.45, 2.75) is 34.1 Å². The second-order valence-corrected chi connectivity index (χ2v) is 6.80. The van der Waals surface area contributed by atoms with Crippen molar-refractivity contribution in [2.75, 3.05) is 18.9 Å². The lowest BCUT2D eigenvalue weighted by molar-refractivity contribution is -0.470. The van der Waals surface area contributed by atoms with Gasteiger partial charge in [-0.3, -0.25) is 4.79 Å². The van der Waals surface area contributed by atoms with Crippen LogP contribution in [0, 0.1) is 12.3 Å². The fraction of sp³-hybridized carbons (Fsp3) is 0.600. The Bertz CT molecular complexity index is 537.